The highest BCUT2D eigenvalue weighted by atomic mass is 16.4. The van der Waals surface area contributed by atoms with Crippen LogP contribution in [0, 0.1) is 5.92 Å². The summed E-state index contributed by atoms with van der Waals surface area (Å²) in [5, 5.41) is 11.4. The Balaban J connectivity index is 2.62. The second-order valence-corrected chi connectivity index (χ2v) is 5.14. The van der Waals surface area contributed by atoms with Gasteiger partial charge in [0.2, 0.25) is 5.91 Å². The first kappa shape index (κ1) is 14.3. The van der Waals surface area contributed by atoms with Gasteiger partial charge < -0.3 is 21.1 Å². The molecule has 7 nitrogen and oxygen atoms in total. The van der Waals surface area contributed by atoms with Crippen LogP contribution < -0.4 is 11.1 Å². The lowest BCUT2D eigenvalue weighted by molar-refractivity contribution is -0.137. The van der Waals surface area contributed by atoms with Gasteiger partial charge in [-0.2, -0.15) is 0 Å². The smallest absolute Gasteiger partial charge is 0.323 e. The SMILES string of the molecule is CC(C)(NC(=O)N(CC(N)=O)CC(=O)O)C1CC1. The van der Waals surface area contributed by atoms with Crippen LogP contribution in [0.5, 0.6) is 0 Å². The maximum absolute atomic E-state index is 11.9. The van der Waals surface area contributed by atoms with E-state index >= 15 is 0 Å². The largest absolute Gasteiger partial charge is 0.480 e. The molecule has 102 valence electrons. The van der Waals surface area contributed by atoms with Crippen molar-refractivity contribution in [1.82, 2.24) is 10.2 Å². The van der Waals surface area contributed by atoms with Crippen LogP contribution in [0.25, 0.3) is 0 Å². The summed E-state index contributed by atoms with van der Waals surface area (Å²) in [6, 6.07) is -0.576. The van der Waals surface area contributed by atoms with E-state index in [0.29, 0.717) is 5.92 Å². The molecule has 18 heavy (non-hydrogen) atoms. The number of nitrogens with one attached hydrogen (secondary N) is 1. The predicted octanol–water partition coefficient (Wildman–Crippen LogP) is -0.243. The lowest BCUT2D eigenvalue weighted by Gasteiger charge is -2.30. The summed E-state index contributed by atoms with van der Waals surface area (Å²) < 4.78 is 0. The van der Waals surface area contributed by atoms with E-state index in [-0.39, 0.29) is 0 Å². The normalized spacial score (nSPS) is 15.0. The van der Waals surface area contributed by atoms with Gasteiger partial charge >= 0.3 is 12.0 Å². The number of primary amides is 1. The number of urea groups is 1. The molecule has 1 saturated carbocycles. The third-order valence-electron chi connectivity index (χ3n) is 2.99. The van der Waals surface area contributed by atoms with Crippen LogP contribution in [0.15, 0.2) is 0 Å². The van der Waals surface area contributed by atoms with Crippen molar-refractivity contribution in [2.45, 2.75) is 32.2 Å². The molecule has 0 radical (unpaired) electrons. The molecule has 0 heterocycles. The van der Waals surface area contributed by atoms with Crippen molar-refractivity contribution >= 4 is 17.9 Å². The van der Waals surface area contributed by atoms with Crippen molar-refractivity contribution in [1.29, 1.82) is 0 Å². The van der Waals surface area contributed by atoms with Crippen LogP contribution in [0.1, 0.15) is 26.7 Å². The van der Waals surface area contributed by atoms with Gasteiger partial charge in [0.15, 0.2) is 0 Å². The number of rotatable bonds is 6. The van der Waals surface area contributed by atoms with Gasteiger partial charge in [0.1, 0.15) is 13.1 Å². The van der Waals surface area contributed by atoms with E-state index in [1.54, 1.807) is 0 Å². The molecule has 1 aliphatic rings. The summed E-state index contributed by atoms with van der Waals surface area (Å²) in [4.78, 5) is 34.3. The fourth-order valence-electron chi connectivity index (χ4n) is 1.81. The summed E-state index contributed by atoms with van der Waals surface area (Å²) in [5.74, 6) is -1.52. The predicted molar refractivity (Wildman–Crippen MR) is 63.7 cm³/mol. The van der Waals surface area contributed by atoms with E-state index in [9.17, 15) is 14.4 Å². The standard InChI is InChI=1S/C11H19N3O4/c1-11(2,7-3-4-7)13-10(18)14(5-8(12)15)6-9(16)17/h7H,3-6H2,1-2H3,(H2,12,15)(H,13,18)(H,16,17). The Morgan fingerprint density at radius 3 is 2.28 bits per heavy atom. The molecule has 1 fully saturated rings. The molecule has 0 aromatic rings. The van der Waals surface area contributed by atoms with Gasteiger partial charge in [-0.15, -0.1) is 0 Å². The van der Waals surface area contributed by atoms with E-state index < -0.39 is 36.5 Å². The number of hydrogen-bond acceptors (Lipinski definition) is 3. The minimum absolute atomic E-state index is 0.397. The van der Waals surface area contributed by atoms with Gasteiger partial charge in [0, 0.05) is 5.54 Å². The van der Waals surface area contributed by atoms with Crippen LogP contribution >= 0.6 is 0 Å². The van der Waals surface area contributed by atoms with Crippen LogP contribution in [0.2, 0.25) is 0 Å². The molecule has 7 heteroatoms. The van der Waals surface area contributed by atoms with Gasteiger partial charge in [0.05, 0.1) is 0 Å². The number of hydrogen-bond donors (Lipinski definition) is 3. The lowest BCUT2D eigenvalue weighted by atomic mass is 9.99. The van der Waals surface area contributed by atoms with E-state index in [1.165, 1.54) is 0 Å². The second-order valence-electron chi connectivity index (χ2n) is 5.14. The van der Waals surface area contributed by atoms with Gasteiger partial charge in [-0.3, -0.25) is 9.59 Å². The Hall–Kier alpha value is -1.79. The zero-order chi connectivity index (χ0) is 13.9. The van der Waals surface area contributed by atoms with Gasteiger partial charge in [-0.1, -0.05) is 0 Å². The quantitative estimate of drug-likeness (QED) is 0.609. The number of nitrogens with zero attached hydrogens (tertiary/aromatic N) is 1. The summed E-state index contributed by atoms with van der Waals surface area (Å²) in [5.41, 5.74) is 4.59. The highest BCUT2D eigenvalue weighted by Gasteiger charge is 2.39. The average molecular weight is 257 g/mol. The third-order valence-corrected chi connectivity index (χ3v) is 2.99. The molecular formula is C11H19N3O4. The highest BCUT2D eigenvalue weighted by molar-refractivity contribution is 5.86. The van der Waals surface area contributed by atoms with Crippen molar-refractivity contribution in [2.75, 3.05) is 13.1 Å². The van der Waals surface area contributed by atoms with Gasteiger partial charge in [-0.25, -0.2) is 4.79 Å². The second kappa shape index (κ2) is 5.24. The summed E-state index contributed by atoms with van der Waals surface area (Å²) in [6.45, 7) is 2.81. The Morgan fingerprint density at radius 2 is 1.89 bits per heavy atom. The molecule has 0 unspecified atom stereocenters. The zero-order valence-electron chi connectivity index (χ0n) is 10.6. The van der Waals surface area contributed by atoms with E-state index in [0.717, 1.165) is 17.7 Å². The van der Waals surface area contributed by atoms with Crippen molar-refractivity contribution in [3.05, 3.63) is 0 Å². The monoisotopic (exact) mass is 257 g/mol. The van der Waals surface area contributed by atoms with Crippen LogP contribution in [0.4, 0.5) is 4.79 Å². The number of carboxylic acid groups (broad SMARTS) is 1. The molecule has 0 spiro atoms. The van der Waals surface area contributed by atoms with Crippen LogP contribution in [0.3, 0.4) is 0 Å². The number of aliphatic carboxylic acids is 1. The molecule has 4 N–H and O–H groups in total. The molecule has 0 bridgehead atoms. The molecular weight excluding hydrogens is 238 g/mol. The Kier molecular flexibility index (Phi) is 4.15. The minimum atomic E-state index is -1.18. The first-order valence-electron chi connectivity index (χ1n) is 5.79. The fraction of sp³-hybridized carbons (Fsp3) is 0.727. The first-order valence-corrected chi connectivity index (χ1v) is 5.79. The Labute approximate surface area is 105 Å². The summed E-state index contributed by atoms with van der Waals surface area (Å²) in [6.07, 6.45) is 2.09. The molecule has 0 atom stereocenters. The first-order chi connectivity index (χ1) is 8.22. The molecule has 0 aromatic carbocycles. The Bertz CT molecular complexity index is 347. The van der Waals surface area contributed by atoms with Crippen molar-refractivity contribution < 1.29 is 19.5 Å². The molecule has 3 amide bonds. The van der Waals surface area contributed by atoms with E-state index in [2.05, 4.69) is 5.32 Å². The van der Waals surface area contributed by atoms with E-state index in [1.807, 2.05) is 13.8 Å². The fourth-order valence-corrected chi connectivity index (χ4v) is 1.81. The molecule has 1 aliphatic carbocycles. The van der Waals surface area contributed by atoms with Crippen LogP contribution in [-0.2, 0) is 9.59 Å². The molecule has 0 saturated heterocycles. The minimum Gasteiger partial charge on any atom is -0.480 e. The number of nitrogens with two attached hydrogens (primary N) is 1. The van der Waals surface area contributed by atoms with Gasteiger partial charge in [-0.05, 0) is 32.6 Å². The summed E-state index contributed by atoms with van der Waals surface area (Å²) in [7, 11) is 0. The highest BCUT2D eigenvalue weighted by Crippen LogP contribution is 2.39. The number of carboxylic acids is 1. The zero-order valence-corrected chi connectivity index (χ0v) is 10.6. The topological polar surface area (TPSA) is 113 Å². The van der Waals surface area contributed by atoms with Crippen LogP contribution in [-0.4, -0.2) is 46.5 Å². The maximum Gasteiger partial charge on any atom is 0.323 e. The number of amides is 3. The lowest BCUT2D eigenvalue weighted by Crippen LogP contribution is -2.54. The Morgan fingerprint density at radius 1 is 1.33 bits per heavy atom. The maximum atomic E-state index is 11.9. The third kappa shape index (κ3) is 4.23. The van der Waals surface area contributed by atoms with E-state index in [4.69, 9.17) is 10.8 Å². The molecule has 0 aromatic heterocycles. The number of carbonyl (C=O) groups is 3. The molecule has 1 rings (SSSR count). The average Bonchev–Trinajstić information content (AvgIpc) is 2.96. The van der Waals surface area contributed by atoms with Crippen molar-refractivity contribution in [3.63, 3.8) is 0 Å². The van der Waals surface area contributed by atoms with Crippen molar-refractivity contribution in [3.8, 4) is 0 Å². The number of carbonyl (C=O) groups excluding carboxylic acids is 2. The van der Waals surface area contributed by atoms with Crippen molar-refractivity contribution in [2.24, 2.45) is 11.7 Å². The van der Waals surface area contributed by atoms with Gasteiger partial charge in [0.25, 0.3) is 0 Å². The molecule has 0 aliphatic heterocycles. The summed E-state index contributed by atoms with van der Waals surface area (Å²) >= 11 is 0.